The van der Waals surface area contributed by atoms with Gasteiger partial charge in [0.25, 0.3) is 0 Å². The van der Waals surface area contributed by atoms with E-state index in [1.807, 2.05) is 24.7 Å². The van der Waals surface area contributed by atoms with Crippen LogP contribution in [0, 0.1) is 6.92 Å². The molecule has 1 unspecified atom stereocenters. The second-order valence-electron chi connectivity index (χ2n) is 5.46. The lowest BCUT2D eigenvalue weighted by molar-refractivity contribution is 0.426. The number of pyridine rings is 1. The lowest BCUT2D eigenvalue weighted by atomic mass is 10.1. The van der Waals surface area contributed by atoms with Crippen molar-refractivity contribution in [2.45, 2.75) is 25.8 Å². The fourth-order valence-electron chi connectivity index (χ4n) is 2.74. The van der Waals surface area contributed by atoms with Crippen molar-refractivity contribution in [1.82, 2.24) is 25.4 Å². The first-order valence-corrected chi connectivity index (χ1v) is 7.12. The molecule has 0 amide bonds. The highest BCUT2D eigenvalue weighted by Gasteiger charge is 2.17. The maximum Gasteiger partial charge on any atom is 0.158 e. The van der Waals surface area contributed by atoms with Crippen molar-refractivity contribution < 1.29 is 0 Å². The van der Waals surface area contributed by atoms with Gasteiger partial charge in [0.1, 0.15) is 5.69 Å². The molecule has 1 saturated heterocycles. The first-order chi connectivity index (χ1) is 9.65. The van der Waals surface area contributed by atoms with Gasteiger partial charge in [-0.05, 0) is 38.4 Å². The number of fused-ring (bicyclic) bond motifs is 1. The SMILES string of the molecule is C=C(NC1CCCNC1)c1nn(C)c2nc(C)ccc12. The zero-order valence-electron chi connectivity index (χ0n) is 12.1. The van der Waals surface area contributed by atoms with Crippen LogP contribution in [0.1, 0.15) is 24.2 Å². The van der Waals surface area contributed by atoms with E-state index in [4.69, 9.17) is 0 Å². The summed E-state index contributed by atoms with van der Waals surface area (Å²) in [6.45, 7) is 8.25. The van der Waals surface area contributed by atoms with Gasteiger partial charge >= 0.3 is 0 Å². The number of aromatic nitrogens is 3. The predicted molar refractivity (Wildman–Crippen MR) is 81.3 cm³/mol. The molecular formula is C15H21N5. The third kappa shape index (κ3) is 2.41. The van der Waals surface area contributed by atoms with E-state index >= 15 is 0 Å². The van der Waals surface area contributed by atoms with E-state index in [9.17, 15) is 0 Å². The molecule has 0 radical (unpaired) electrons. The summed E-state index contributed by atoms with van der Waals surface area (Å²) in [6, 6.07) is 4.53. The van der Waals surface area contributed by atoms with Crippen molar-refractivity contribution in [1.29, 1.82) is 0 Å². The van der Waals surface area contributed by atoms with Crippen LogP contribution in [0.3, 0.4) is 0 Å². The second kappa shape index (κ2) is 5.25. The first-order valence-electron chi connectivity index (χ1n) is 7.12. The molecule has 5 heteroatoms. The second-order valence-corrected chi connectivity index (χ2v) is 5.46. The minimum absolute atomic E-state index is 0.437. The average Bonchev–Trinajstić information content (AvgIpc) is 2.77. The van der Waals surface area contributed by atoms with Crippen molar-refractivity contribution >= 4 is 16.7 Å². The van der Waals surface area contributed by atoms with Crippen LogP contribution in [0.5, 0.6) is 0 Å². The van der Waals surface area contributed by atoms with Gasteiger partial charge in [0.05, 0.1) is 5.70 Å². The van der Waals surface area contributed by atoms with Gasteiger partial charge in [-0.3, -0.25) is 0 Å². The summed E-state index contributed by atoms with van der Waals surface area (Å²) in [5, 5.41) is 12.5. The van der Waals surface area contributed by atoms with Gasteiger partial charge in [0, 0.05) is 30.7 Å². The van der Waals surface area contributed by atoms with Crippen LogP contribution in [0.2, 0.25) is 0 Å². The van der Waals surface area contributed by atoms with E-state index in [-0.39, 0.29) is 0 Å². The highest BCUT2D eigenvalue weighted by molar-refractivity contribution is 5.87. The van der Waals surface area contributed by atoms with Gasteiger partial charge in [-0.15, -0.1) is 0 Å². The minimum atomic E-state index is 0.437. The molecule has 2 aromatic rings. The van der Waals surface area contributed by atoms with E-state index in [0.717, 1.165) is 41.2 Å². The molecule has 3 heterocycles. The monoisotopic (exact) mass is 271 g/mol. The fraction of sp³-hybridized carbons (Fsp3) is 0.467. The summed E-state index contributed by atoms with van der Waals surface area (Å²) in [6.07, 6.45) is 2.38. The maximum atomic E-state index is 4.57. The number of rotatable bonds is 3. The molecule has 106 valence electrons. The van der Waals surface area contributed by atoms with Crippen LogP contribution in [0.15, 0.2) is 18.7 Å². The van der Waals surface area contributed by atoms with Gasteiger partial charge in [0.15, 0.2) is 5.65 Å². The third-order valence-corrected chi connectivity index (χ3v) is 3.79. The van der Waals surface area contributed by atoms with Crippen molar-refractivity contribution in [2.75, 3.05) is 13.1 Å². The van der Waals surface area contributed by atoms with Gasteiger partial charge in [0.2, 0.25) is 0 Å². The molecule has 0 bridgehead atoms. The van der Waals surface area contributed by atoms with Crippen LogP contribution in [0.25, 0.3) is 16.7 Å². The largest absolute Gasteiger partial charge is 0.380 e. The van der Waals surface area contributed by atoms with Gasteiger partial charge in [-0.1, -0.05) is 6.58 Å². The van der Waals surface area contributed by atoms with Crippen LogP contribution in [-0.4, -0.2) is 33.9 Å². The Bertz CT molecular complexity index is 637. The Morgan fingerprint density at radius 1 is 1.50 bits per heavy atom. The Balaban J connectivity index is 1.87. The molecule has 0 aliphatic carbocycles. The average molecular weight is 271 g/mol. The standard InChI is InChI=1S/C15H21N5/c1-10-6-7-13-14(19-20(3)15(13)17-10)11(2)18-12-5-4-8-16-9-12/h6-7,12,16,18H,2,4-5,8-9H2,1,3H3. The fourth-order valence-corrected chi connectivity index (χ4v) is 2.74. The quantitative estimate of drug-likeness (QED) is 0.890. The Labute approximate surface area is 119 Å². The van der Waals surface area contributed by atoms with Gasteiger partial charge in [-0.2, -0.15) is 5.10 Å². The maximum absolute atomic E-state index is 4.57. The van der Waals surface area contributed by atoms with Crippen LogP contribution >= 0.6 is 0 Å². The number of hydrogen-bond donors (Lipinski definition) is 2. The Morgan fingerprint density at radius 2 is 2.35 bits per heavy atom. The molecule has 20 heavy (non-hydrogen) atoms. The number of nitrogens with one attached hydrogen (secondary N) is 2. The normalized spacial score (nSPS) is 19.2. The van der Waals surface area contributed by atoms with E-state index in [1.54, 1.807) is 0 Å². The number of aryl methyl sites for hydroxylation is 2. The zero-order chi connectivity index (χ0) is 14.1. The van der Waals surface area contributed by atoms with Gasteiger partial charge < -0.3 is 10.6 Å². The molecule has 2 N–H and O–H groups in total. The topological polar surface area (TPSA) is 54.8 Å². The summed E-state index contributed by atoms with van der Waals surface area (Å²) in [5.41, 5.74) is 3.70. The Morgan fingerprint density at radius 3 is 3.10 bits per heavy atom. The van der Waals surface area contributed by atoms with E-state index < -0.39 is 0 Å². The van der Waals surface area contributed by atoms with E-state index in [0.29, 0.717) is 6.04 Å². The molecule has 1 aliphatic heterocycles. The molecule has 3 rings (SSSR count). The van der Waals surface area contributed by atoms with Gasteiger partial charge in [-0.25, -0.2) is 9.67 Å². The molecular weight excluding hydrogens is 250 g/mol. The molecule has 1 atom stereocenters. The smallest absolute Gasteiger partial charge is 0.158 e. The van der Waals surface area contributed by atoms with Crippen LogP contribution < -0.4 is 10.6 Å². The van der Waals surface area contributed by atoms with E-state index in [1.165, 1.54) is 12.8 Å². The highest BCUT2D eigenvalue weighted by Crippen LogP contribution is 2.21. The summed E-state index contributed by atoms with van der Waals surface area (Å²) in [7, 11) is 1.92. The molecule has 0 saturated carbocycles. The molecule has 0 aromatic carbocycles. The van der Waals surface area contributed by atoms with Crippen molar-refractivity contribution in [3.05, 3.63) is 30.1 Å². The number of piperidine rings is 1. The minimum Gasteiger partial charge on any atom is -0.380 e. The first kappa shape index (κ1) is 13.1. The molecule has 1 fully saturated rings. The lowest BCUT2D eigenvalue weighted by Crippen LogP contribution is -2.42. The van der Waals surface area contributed by atoms with Crippen LogP contribution in [0.4, 0.5) is 0 Å². The summed E-state index contributed by atoms with van der Waals surface area (Å²) >= 11 is 0. The Kier molecular flexibility index (Phi) is 3.44. The van der Waals surface area contributed by atoms with Crippen molar-refractivity contribution in [3.8, 4) is 0 Å². The lowest BCUT2D eigenvalue weighted by Gasteiger charge is -2.25. The van der Waals surface area contributed by atoms with Crippen LogP contribution in [-0.2, 0) is 7.05 Å². The highest BCUT2D eigenvalue weighted by atomic mass is 15.3. The van der Waals surface area contributed by atoms with E-state index in [2.05, 4.69) is 33.4 Å². The van der Waals surface area contributed by atoms with Crippen molar-refractivity contribution in [2.24, 2.45) is 7.05 Å². The van der Waals surface area contributed by atoms with Crippen molar-refractivity contribution in [3.63, 3.8) is 0 Å². The summed E-state index contributed by atoms with van der Waals surface area (Å²) in [5.74, 6) is 0. The zero-order valence-corrected chi connectivity index (χ0v) is 12.1. The Hall–Kier alpha value is -1.88. The summed E-state index contributed by atoms with van der Waals surface area (Å²) in [4.78, 5) is 4.54. The summed E-state index contributed by atoms with van der Waals surface area (Å²) < 4.78 is 1.82. The number of nitrogens with zero attached hydrogens (tertiary/aromatic N) is 3. The molecule has 5 nitrogen and oxygen atoms in total. The molecule has 1 aliphatic rings. The molecule has 2 aromatic heterocycles. The molecule has 0 spiro atoms. The third-order valence-electron chi connectivity index (χ3n) is 3.79. The number of hydrogen-bond acceptors (Lipinski definition) is 4. The predicted octanol–water partition coefficient (Wildman–Crippen LogP) is 1.59.